The average molecular weight is 255 g/mol. The Morgan fingerprint density at radius 2 is 1.73 bits per heavy atom. The summed E-state index contributed by atoms with van der Waals surface area (Å²) in [6.07, 6.45) is 1.16. The molecule has 0 aliphatic carbocycles. The van der Waals surface area contributed by atoms with Crippen LogP contribution in [0.5, 0.6) is 0 Å². The Bertz CT molecular complexity index is 284. The molecular weight excluding hydrogens is 236 g/mol. The zero-order chi connectivity index (χ0) is 11.5. The Morgan fingerprint density at radius 1 is 1.20 bits per heavy atom. The summed E-state index contributed by atoms with van der Waals surface area (Å²) in [5.41, 5.74) is 0. The van der Waals surface area contributed by atoms with Gasteiger partial charge >= 0.3 is 0 Å². The monoisotopic (exact) mass is 254 g/mol. The number of rotatable bonds is 4. The van der Waals surface area contributed by atoms with E-state index >= 15 is 0 Å². The van der Waals surface area contributed by atoms with Crippen molar-refractivity contribution in [2.24, 2.45) is 5.92 Å². The van der Waals surface area contributed by atoms with Gasteiger partial charge in [-0.25, -0.2) is 0 Å². The second-order valence-corrected chi connectivity index (χ2v) is 6.88. The lowest BCUT2D eigenvalue weighted by atomic mass is 10.1. The normalized spacial score (nSPS) is 21.1. The summed E-state index contributed by atoms with van der Waals surface area (Å²) in [6, 6.07) is 0. The van der Waals surface area contributed by atoms with Crippen LogP contribution in [-0.2, 0) is 9.24 Å². The van der Waals surface area contributed by atoms with Gasteiger partial charge in [-0.15, -0.1) is 0 Å². The first-order valence-corrected chi connectivity index (χ1v) is 7.58. The molecule has 4 nitrogen and oxygen atoms in total. The van der Waals surface area contributed by atoms with E-state index in [-0.39, 0.29) is 0 Å². The van der Waals surface area contributed by atoms with Gasteiger partial charge in [0.15, 0.2) is 0 Å². The van der Waals surface area contributed by atoms with E-state index < -0.39 is 9.24 Å². The molecular formula is C9H19ClN2O2S. The zero-order valence-corrected chi connectivity index (χ0v) is 10.9. The van der Waals surface area contributed by atoms with Crippen LogP contribution in [0.4, 0.5) is 0 Å². The van der Waals surface area contributed by atoms with Crippen molar-refractivity contribution in [1.29, 1.82) is 0 Å². The Labute approximate surface area is 96.7 Å². The molecule has 90 valence electrons. The molecule has 1 saturated heterocycles. The van der Waals surface area contributed by atoms with E-state index in [4.69, 9.17) is 10.7 Å². The predicted octanol–water partition coefficient (Wildman–Crippen LogP) is 1.13. The SMILES string of the molecule is CC(C)CCN1CCN(S(=O)(=O)Cl)CC1. The zero-order valence-electron chi connectivity index (χ0n) is 9.32. The van der Waals surface area contributed by atoms with Crippen LogP contribution in [0.1, 0.15) is 20.3 Å². The fourth-order valence-corrected chi connectivity index (χ4v) is 2.63. The highest BCUT2D eigenvalue weighted by Crippen LogP contribution is 2.11. The molecule has 1 rings (SSSR count). The number of halogens is 1. The Hall–Kier alpha value is 0.160. The van der Waals surface area contributed by atoms with Crippen LogP contribution in [0.3, 0.4) is 0 Å². The lowest BCUT2D eigenvalue weighted by Gasteiger charge is -2.32. The Kier molecular flexibility index (Phi) is 4.83. The standard InChI is InChI=1S/C9H19ClN2O2S/c1-9(2)3-4-11-5-7-12(8-6-11)15(10,13)14/h9H,3-8H2,1-2H3. The van der Waals surface area contributed by atoms with Gasteiger partial charge in [-0.3, -0.25) is 0 Å². The van der Waals surface area contributed by atoms with Gasteiger partial charge < -0.3 is 4.90 Å². The second kappa shape index (κ2) is 5.48. The van der Waals surface area contributed by atoms with E-state index in [0.29, 0.717) is 19.0 Å². The van der Waals surface area contributed by atoms with Crippen LogP contribution in [0, 0.1) is 5.92 Å². The third kappa shape index (κ3) is 4.68. The van der Waals surface area contributed by atoms with Crippen LogP contribution < -0.4 is 0 Å². The molecule has 0 atom stereocenters. The highest BCUT2D eigenvalue weighted by molar-refractivity contribution is 8.11. The molecule has 1 fully saturated rings. The summed E-state index contributed by atoms with van der Waals surface area (Å²) in [5, 5.41) is 0. The predicted molar refractivity (Wildman–Crippen MR) is 62.2 cm³/mol. The van der Waals surface area contributed by atoms with Crippen molar-refractivity contribution >= 4 is 19.9 Å². The molecule has 0 aromatic rings. The number of nitrogens with zero attached hydrogens (tertiary/aromatic N) is 2. The molecule has 0 N–H and O–H groups in total. The molecule has 15 heavy (non-hydrogen) atoms. The average Bonchev–Trinajstić information content (AvgIpc) is 2.14. The Balaban J connectivity index is 2.30. The molecule has 6 heteroatoms. The van der Waals surface area contributed by atoms with Crippen molar-refractivity contribution < 1.29 is 8.42 Å². The maximum Gasteiger partial charge on any atom is 0.299 e. The molecule has 0 unspecified atom stereocenters. The number of piperazine rings is 1. The van der Waals surface area contributed by atoms with Gasteiger partial charge in [0.25, 0.3) is 9.24 Å². The van der Waals surface area contributed by atoms with E-state index in [2.05, 4.69) is 18.7 Å². The first kappa shape index (κ1) is 13.2. The van der Waals surface area contributed by atoms with Gasteiger partial charge in [0.2, 0.25) is 0 Å². The van der Waals surface area contributed by atoms with E-state index in [1.54, 1.807) is 0 Å². The maximum atomic E-state index is 11.0. The van der Waals surface area contributed by atoms with Crippen LogP contribution >= 0.6 is 10.7 Å². The summed E-state index contributed by atoms with van der Waals surface area (Å²) in [4.78, 5) is 2.29. The molecule has 1 aliphatic rings. The highest BCUT2D eigenvalue weighted by Gasteiger charge is 2.24. The van der Waals surface area contributed by atoms with Crippen molar-refractivity contribution in [2.45, 2.75) is 20.3 Å². The van der Waals surface area contributed by atoms with Crippen molar-refractivity contribution in [1.82, 2.24) is 9.21 Å². The molecule has 0 aromatic heterocycles. The van der Waals surface area contributed by atoms with E-state index in [0.717, 1.165) is 26.1 Å². The summed E-state index contributed by atoms with van der Waals surface area (Å²) in [5.74, 6) is 0.694. The molecule has 0 amide bonds. The van der Waals surface area contributed by atoms with Gasteiger partial charge in [-0.05, 0) is 18.9 Å². The minimum absolute atomic E-state index is 0.518. The smallest absolute Gasteiger partial charge is 0.299 e. The fraction of sp³-hybridized carbons (Fsp3) is 1.00. The minimum atomic E-state index is -3.50. The van der Waals surface area contributed by atoms with Gasteiger partial charge in [-0.2, -0.15) is 12.7 Å². The largest absolute Gasteiger partial charge is 0.301 e. The van der Waals surface area contributed by atoms with E-state index in [9.17, 15) is 8.42 Å². The molecule has 0 saturated carbocycles. The summed E-state index contributed by atoms with van der Waals surface area (Å²) in [7, 11) is 1.77. The molecule has 1 heterocycles. The number of hydrogen-bond acceptors (Lipinski definition) is 3. The van der Waals surface area contributed by atoms with Crippen LogP contribution in [0.15, 0.2) is 0 Å². The van der Waals surface area contributed by atoms with Crippen LogP contribution in [0.25, 0.3) is 0 Å². The van der Waals surface area contributed by atoms with Crippen LogP contribution in [-0.4, -0.2) is 50.3 Å². The third-order valence-corrected chi connectivity index (χ3v) is 4.23. The first-order chi connectivity index (χ1) is 6.89. The second-order valence-electron chi connectivity index (χ2n) is 4.37. The lowest BCUT2D eigenvalue weighted by Crippen LogP contribution is -2.47. The fourth-order valence-electron chi connectivity index (χ4n) is 1.61. The molecule has 0 bridgehead atoms. The molecule has 0 spiro atoms. The molecule has 0 radical (unpaired) electrons. The van der Waals surface area contributed by atoms with Gasteiger partial charge in [0.05, 0.1) is 0 Å². The third-order valence-electron chi connectivity index (χ3n) is 2.66. The van der Waals surface area contributed by atoms with Crippen molar-refractivity contribution in [3.8, 4) is 0 Å². The van der Waals surface area contributed by atoms with Gasteiger partial charge in [-0.1, -0.05) is 13.8 Å². The van der Waals surface area contributed by atoms with Gasteiger partial charge in [0.1, 0.15) is 0 Å². The summed E-state index contributed by atoms with van der Waals surface area (Å²) in [6.45, 7) is 8.05. The maximum absolute atomic E-state index is 11.0. The summed E-state index contributed by atoms with van der Waals surface area (Å²) < 4.78 is 23.4. The molecule has 0 aromatic carbocycles. The van der Waals surface area contributed by atoms with Gasteiger partial charge in [0, 0.05) is 36.9 Å². The van der Waals surface area contributed by atoms with Crippen molar-refractivity contribution in [3.05, 3.63) is 0 Å². The minimum Gasteiger partial charge on any atom is -0.301 e. The van der Waals surface area contributed by atoms with Crippen LogP contribution in [0.2, 0.25) is 0 Å². The van der Waals surface area contributed by atoms with Crippen molar-refractivity contribution in [2.75, 3.05) is 32.7 Å². The topological polar surface area (TPSA) is 40.6 Å². The van der Waals surface area contributed by atoms with Crippen molar-refractivity contribution in [3.63, 3.8) is 0 Å². The van der Waals surface area contributed by atoms with E-state index in [1.165, 1.54) is 4.31 Å². The number of hydrogen-bond donors (Lipinski definition) is 0. The first-order valence-electron chi connectivity index (χ1n) is 5.31. The molecule has 1 aliphatic heterocycles. The highest BCUT2D eigenvalue weighted by atomic mass is 35.7. The quantitative estimate of drug-likeness (QED) is 0.707. The summed E-state index contributed by atoms with van der Waals surface area (Å²) >= 11 is 0. The van der Waals surface area contributed by atoms with E-state index in [1.807, 2.05) is 0 Å². The lowest BCUT2D eigenvalue weighted by molar-refractivity contribution is 0.182. The Morgan fingerprint density at radius 3 is 2.13 bits per heavy atom.